The van der Waals surface area contributed by atoms with Gasteiger partial charge < -0.3 is 9.52 Å². The van der Waals surface area contributed by atoms with E-state index in [9.17, 15) is 5.11 Å². The molecule has 0 aliphatic heterocycles. The molecule has 0 fully saturated rings. The van der Waals surface area contributed by atoms with Gasteiger partial charge in [0.1, 0.15) is 11.9 Å². The highest BCUT2D eigenvalue weighted by Crippen LogP contribution is 2.25. The fourth-order valence-electron chi connectivity index (χ4n) is 1.70. The van der Waals surface area contributed by atoms with E-state index >= 15 is 0 Å². The first-order valence-electron chi connectivity index (χ1n) is 4.97. The van der Waals surface area contributed by atoms with Crippen molar-refractivity contribution in [1.82, 2.24) is 0 Å². The van der Waals surface area contributed by atoms with Crippen LogP contribution >= 0.6 is 0 Å². The van der Waals surface area contributed by atoms with Gasteiger partial charge in [-0.2, -0.15) is 0 Å². The van der Waals surface area contributed by atoms with Crippen LogP contribution in [0.2, 0.25) is 0 Å². The molecule has 1 unspecified atom stereocenters. The predicted molar refractivity (Wildman–Crippen MR) is 58.7 cm³/mol. The van der Waals surface area contributed by atoms with E-state index in [0.717, 1.165) is 22.5 Å². The first kappa shape index (κ1) is 9.99. The summed E-state index contributed by atoms with van der Waals surface area (Å²) in [5.41, 5.74) is 2.88. The lowest BCUT2D eigenvalue weighted by molar-refractivity contribution is 0.218. The zero-order chi connectivity index (χ0) is 10.8. The summed E-state index contributed by atoms with van der Waals surface area (Å²) in [6.45, 7) is 3.87. The van der Waals surface area contributed by atoms with E-state index in [4.69, 9.17) is 4.42 Å². The van der Waals surface area contributed by atoms with Crippen molar-refractivity contribution >= 4 is 0 Å². The Kier molecular flexibility index (Phi) is 2.60. The van der Waals surface area contributed by atoms with Gasteiger partial charge in [0.25, 0.3) is 0 Å². The van der Waals surface area contributed by atoms with E-state index in [2.05, 4.69) is 0 Å². The topological polar surface area (TPSA) is 33.4 Å². The number of rotatable bonds is 2. The molecule has 2 aromatic rings. The van der Waals surface area contributed by atoms with E-state index in [-0.39, 0.29) is 0 Å². The van der Waals surface area contributed by atoms with Gasteiger partial charge in [0.15, 0.2) is 0 Å². The molecule has 0 aliphatic rings. The largest absolute Gasteiger partial charge is 0.469 e. The summed E-state index contributed by atoms with van der Waals surface area (Å²) in [7, 11) is 0. The number of aliphatic hydroxyl groups is 1. The van der Waals surface area contributed by atoms with Crippen molar-refractivity contribution in [2.45, 2.75) is 20.0 Å². The Morgan fingerprint density at radius 1 is 1.20 bits per heavy atom. The summed E-state index contributed by atoms with van der Waals surface area (Å²) in [5.74, 6) is 0.768. The average molecular weight is 202 g/mol. The fraction of sp³-hybridized carbons (Fsp3) is 0.231. The molecule has 1 N–H and O–H groups in total. The molecular formula is C13H14O2. The average Bonchev–Trinajstić information content (AvgIpc) is 2.63. The second-order valence-corrected chi connectivity index (χ2v) is 3.75. The molecule has 78 valence electrons. The molecule has 1 heterocycles. The van der Waals surface area contributed by atoms with Crippen molar-refractivity contribution in [3.8, 4) is 0 Å². The molecule has 0 saturated carbocycles. The van der Waals surface area contributed by atoms with Crippen LogP contribution in [-0.2, 0) is 0 Å². The molecule has 2 rings (SSSR count). The van der Waals surface area contributed by atoms with Gasteiger partial charge >= 0.3 is 0 Å². The molecule has 1 aromatic carbocycles. The Morgan fingerprint density at radius 2 is 2.00 bits per heavy atom. The Labute approximate surface area is 89.2 Å². The lowest BCUT2D eigenvalue weighted by atomic mass is 10.0. The number of aliphatic hydroxyl groups excluding tert-OH is 1. The quantitative estimate of drug-likeness (QED) is 0.812. The highest BCUT2D eigenvalue weighted by atomic mass is 16.3. The minimum Gasteiger partial charge on any atom is -0.469 e. The lowest BCUT2D eigenvalue weighted by Crippen LogP contribution is -1.99. The number of hydrogen-bond donors (Lipinski definition) is 1. The van der Waals surface area contributed by atoms with Gasteiger partial charge in [0, 0.05) is 5.56 Å². The van der Waals surface area contributed by atoms with Crippen LogP contribution in [0.25, 0.3) is 0 Å². The normalized spacial score (nSPS) is 12.7. The number of aryl methyl sites for hydroxylation is 2. The maximum atomic E-state index is 10.1. The third-order valence-electron chi connectivity index (χ3n) is 2.55. The van der Waals surface area contributed by atoms with Crippen molar-refractivity contribution in [2.24, 2.45) is 0 Å². The fourth-order valence-corrected chi connectivity index (χ4v) is 1.70. The van der Waals surface area contributed by atoms with E-state index < -0.39 is 6.10 Å². The first-order chi connectivity index (χ1) is 7.18. The zero-order valence-electron chi connectivity index (χ0n) is 8.90. The number of furan rings is 1. The number of benzene rings is 1. The van der Waals surface area contributed by atoms with E-state index in [0.29, 0.717) is 0 Å². The number of hydrogen-bond acceptors (Lipinski definition) is 2. The Bertz CT molecular complexity index is 457. The molecule has 0 aliphatic carbocycles. The third-order valence-corrected chi connectivity index (χ3v) is 2.55. The minimum absolute atomic E-state index is 0.594. The minimum atomic E-state index is -0.594. The van der Waals surface area contributed by atoms with Crippen LogP contribution in [0.4, 0.5) is 0 Å². The second kappa shape index (κ2) is 3.91. The van der Waals surface area contributed by atoms with E-state index in [1.165, 1.54) is 0 Å². The Morgan fingerprint density at radius 3 is 2.60 bits per heavy atom. The molecular weight excluding hydrogens is 188 g/mol. The van der Waals surface area contributed by atoms with Gasteiger partial charge in [0.05, 0.1) is 6.26 Å². The zero-order valence-corrected chi connectivity index (χ0v) is 8.90. The smallest absolute Gasteiger partial charge is 0.107 e. The monoisotopic (exact) mass is 202 g/mol. The predicted octanol–water partition coefficient (Wildman–Crippen LogP) is 2.98. The van der Waals surface area contributed by atoms with Gasteiger partial charge in [0.2, 0.25) is 0 Å². The third kappa shape index (κ3) is 1.95. The SMILES string of the molecule is Cc1cccc(C(O)c2ccoc2C)c1. The summed E-state index contributed by atoms with van der Waals surface area (Å²) in [6, 6.07) is 9.67. The van der Waals surface area contributed by atoms with Crippen LogP contribution in [0.3, 0.4) is 0 Å². The molecule has 0 bridgehead atoms. The molecule has 1 aromatic heterocycles. The highest BCUT2D eigenvalue weighted by molar-refractivity contribution is 5.32. The van der Waals surface area contributed by atoms with Crippen molar-refractivity contribution < 1.29 is 9.52 Å². The summed E-state index contributed by atoms with van der Waals surface area (Å²) < 4.78 is 5.18. The van der Waals surface area contributed by atoms with E-state index in [1.807, 2.05) is 44.2 Å². The summed E-state index contributed by atoms with van der Waals surface area (Å²) in [4.78, 5) is 0. The van der Waals surface area contributed by atoms with Gasteiger partial charge in [-0.3, -0.25) is 0 Å². The maximum Gasteiger partial charge on any atom is 0.107 e. The van der Waals surface area contributed by atoms with Crippen LogP contribution < -0.4 is 0 Å². The van der Waals surface area contributed by atoms with Crippen LogP contribution in [0.5, 0.6) is 0 Å². The molecule has 1 atom stereocenters. The molecule has 2 heteroatoms. The van der Waals surface area contributed by atoms with Crippen LogP contribution in [0, 0.1) is 13.8 Å². The van der Waals surface area contributed by atoms with Crippen LogP contribution in [0.1, 0.15) is 28.6 Å². The summed E-state index contributed by atoms with van der Waals surface area (Å²) >= 11 is 0. The van der Waals surface area contributed by atoms with Crippen LogP contribution in [0.15, 0.2) is 41.0 Å². The second-order valence-electron chi connectivity index (χ2n) is 3.75. The highest BCUT2D eigenvalue weighted by Gasteiger charge is 2.14. The van der Waals surface area contributed by atoms with Gasteiger partial charge in [-0.1, -0.05) is 29.8 Å². The van der Waals surface area contributed by atoms with Crippen molar-refractivity contribution in [3.05, 3.63) is 59.0 Å². The Balaban J connectivity index is 2.36. The van der Waals surface area contributed by atoms with Crippen LogP contribution in [-0.4, -0.2) is 5.11 Å². The lowest BCUT2D eigenvalue weighted by Gasteiger charge is -2.10. The maximum absolute atomic E-state index is 10.1. The van der Waals surface area contributed by atoms with Gasteiger partial charge in [-0.05, 0) is 25.5 Å². The van der Waals surface area contributed by atoms with Crippen molar-refractivity contribution in [2.75, 3.05) is 0 Å². The standard InChI is InChI=1S/C13H14O2/c1-9-4-3-5-11(8-9)13(14)12-6-7-15-10(12)2/h3-8,13-14H,1-2H3. The molecule has 15 heavy (non-hydrogen) atoms. The first-order valence-corrected chi connectivity index (χ1v) is 4.97. The molecule has 0 amide bonds. The van der Waals surface area contributed by atoms with E-state index in [1.54, 1.807) is 6.26 Å². The Hall–Kier alpha value is -1.54. The summed E-state index contributed by atoms with van der Waals surface area (Å²) in [6.07, 6.45) is 1.01. The molecule has 0 radical (unpaired) electrons. The molecule has 0 spiro atoms. The molecule has 2 nitrogen and oxygen atoms in total. The van der Waals surface area contributed by atoms with Gasteiger partial charge in [-0.25, -0.2) is 0 Å². The van der Waals surface area contributed by atoms with Crippen molar-refractivity contribution in [1.29, 1.82) is 0 Å². The van der Waals surface area contributed by atoms with Gasteiger partial charge in [-0.15, -0.1) is 0 Å². The summed E-state index contributed by atoms with van der Waals surface area (Å²) in [5, 5.41) is 10.1. The molecule has 0 saturated heterocycles. The van der Waals surface area contributed by atoms with Crippen molar-refractivity contribution in [3.63, 3.8) is 0 Å².